The fraction of sp³-hybridized carbons (Fsp3) is 0. The Hall–Kier alpha value is -1.19. The molecule has 0 saturated carbocycles. The van der Waals surface area contributed by atoms with Gasteiger partial charge in [-0.25, -0.2) is 0 Å². The Morgan fingerprint density at radius 2 is 2.12 bits per heavy atom. The van der Waals surface area contributed by atoms with Gasteiger partial charge in [0.2, 0.25) is 0 Å². The first-order valence-electron chi connectivity index (χ1n) is 4.77. The summed E-state index contributed by atoms with van der Waals surface area (Å²) in [5.41, 5.74) is 0.696. The topological polar surface area (TPSA) is 17.1 Å². The van der Waals surface area contributed by atoms with E-state index < -0.39 is 0 Å². The zero-order valence-corrected chi connectivity index (χ0v) is 10.8. The van der Waals surface area contributed by atoms with Crippen LogP contribution in [0, 0.1) is 0 Å². The lowest BCUT2D eigenvalue weighted by Crippen LogP contribution is -1.92. The third kappa shape index (κ3) is 2.90. The van der Waals surface area contributed by atoms with Crippen LogP contribution in [-0.4, -0.2) is 5.78 Å². The van der Waals surface area contributed by atoms with Gasteiger partial charge in [0.05, 0.1) is 0 Å². The van der Waals surface area contributed by atoms with Gasteiger partial charge in [0.1, 0.15) is 0 Å². The van der Waals surface area contributed by atoms with Gasteiger partial charge in [-0.05, 0) is 35.7 Å². The summed E-state index contributed by atoms with van der Waals surface area (Å²) in [6, 6.07) is 11.3. The summed E-state index contributed by atoms with van der Waals surface area (Å²) in [6.07, 6.45) is 3.45. The minimum Gasteiger partial charge on any atom is -0.289 e. The van der Waals surface area contributed by atoms with Crippen LogP contribution in [0.15, 0.2) is 52.3 Å². The fourth-order valence-electron chi connectivity index (χ4n) is 1.28. The van der Waals surface area contributed by atoms with Gasteiger partial charge in [0.25, 0.3) is 0 Å². The molecule has 1 aromatic carbocycles. The highest BCUT2D eigenvalue weighted by molar-refractivity contribution is 9.10. The number of halogens is 1. The molecule has 1 aromatic heterocycles. The average molecular weight is 293 g/mol. The molecule has 0 bridgehead atoms. The van der Waals surface area contributed by atoms with Crippen molar-refractivity contribution < 1.29 is 4.79 Å². The third-order valence-corrected chi connectivity index (χ3v) is 3.38. The van der Waals surface area contributed by atoms with Gasteiger partial charge in [-0.3, -0.25) is 4.79 Å². The van der Waals surface area contributed by atoms with E-state index in [-0.39, 0.29) is 5.78 Å². The van der Waals surface area contributed by atoms with E-state index in [0.29, 0.717) is 5.56 Å². The van der Waals surface area contributed by atoms with Crippen molar-refractivity contribution in [2.45, 2.75) is 0 Å². The number of carbonyl (C=O) groups is 1. The minimum atomic E-state index is 0.0229. The summed E-state index contributed by atoms with van der Waals surface area (Å²) in [5, 5.41) is 1.99. The number of thiophene rings is 1. The summed E-state index contributed by atoms with van der Waals surface area (Å²) in [5.74, 6) is 0.0229. The maximum Gasteiger partial charge on any atom is 0.185 e. The van der Waals surface area contributed by atoms with Gasteiger partial charge in [-0.15, -0.1) is 11.3 Å². The number of hydrogen-bond acceptors (Lipinski definition) is 2. The first-order chi connectivity index (χ1) is 7.75. The maximum absolute atomic E-state index is 11.8. The van der Waals surface area contributed by atoms with Crippen LogP contribution >= 0.6 is 27.3 Å². The zero-order valence-electron chi connectivity index (χ0n) is 8.39. The normalized spacial score (nSPS) is 10.8. The molecule has 0 atom stereocenters. The van der Waals surface area contributed by atoms with Crippen molar-refractivity contribution in [1.82, 2.24) is 0 Å². The smallest absolute Gasteiger partial charge is 0.185 e. The lowest BCUT2D eigenvalue weighted by Gasteiger charge is -1.95. The molecule has 0 aliphatic rings. The molecule has 0 saturated heterocycles. The molecule has 1 heterocycles. The van der Waals surface area contributed by atoms with Crippen LogP contribution in [0.2, 0.25) is 0 Å². The van der Waals surface area contributed by atoms with E-state index in [9.17, 15) is 4.79 Å². The molecule has 0 radical (unpaired) electrons. The number of hydrogen-bond donors (Lipinski definition) is 0. The van der Waals surface area contributed by atoms with E-state index >= 15 is 0 Å². The van der Waals surface area contributed by atoms with Crippen LogP contribution < -0.4 is 0 Å². The summed E-state index contributed by atoms with van der Waals surface area (Å²) in [7, 11) is 0. The van der Waals surface area contributed by atoms with Crippen molar-refractivity contribution in [3.05, 3.63) is 62.8 Å². The Morgan fingerprint density at radius 1 is 1.25 bits per heavy atom. The standard InChI is InChI=1S/C13H9BrOS/c14-11-4-1-3-10(9-11)13(15)7-6-12-5-2-8-16-12/h1-9H/b7-6-. The molecule has 80 valence electrons. The summed E-state index contributed by atoms with van der Waals surface area (Å²) < 4.78 is 0.919. The van der Waals surface area contributed by atoms with Gasteiger partial charge in [0, 0.05) is 14.9 Å². The van der Waals surface area contributed by atoms with E-state index in [1.807, 2.05) is 47.9 Å². The van der Waals surface area contributed by atoms with Crippen LogP contribution in [0.25, 0.3) is 6.08 Å². The lowest BCUT2D eigenvalue weighted by molar-refractivity contribution is 0.104. The van der Waals surface area contributed by atoms with Crippen molar-refractivity contribution in [3.63, 3.8) is 0 Å². The number of rotatable bonds is 3. The largest absolute Gasteiger partial charge is 0.289 e. The molecular weight excluding hydrogens is 284 g/mol. The fourth-order valence-corrected chi connectivity index (χ4v) is 2.30. The number of allylic oxidation sites excluding steroid dienone is 1. The summed E-state index contributed by atoms with van der Waals surface area (Å²) in [4.78, 5) is 12.9. The lowest BCUT2D eigenvalue weighted by atomic mass is 10.1. The molecule has 16 heavy (non-hydrogen) atoms. The molecule has 2 aromatic rings. The highest BCUT2D eigenvalue weighted by Crippen LogP contribution is 2.14. The van der Waals surface area contributed by atoms with Crippen LogP contribution in [0.1, 0.15) is 15.2 Å². The van der Waals surface area contributed by atoms with Crippen LogP contribution in [-0.2, 0) is 0 Å². The van der Waals surface area contributed by atoms with Gasteiger partial charge >= 0.3 is 0 Å². The number of benzene rings is 1. The van der Waals surface area contributed by atoms with Crippen molar-refractivity contribution in [3.8, 4) is 0 Å². The van der Waals surface area contributed by atoms with Gasteiger partial charge in [-0.1, -0.05) is 34.1 Å². The SMILES string of the molecule is O=C(/C=C\c1cccs1)c1cccc(Br)c1. The third-order valence-electron chi connectivity index (χ3n) is 2.05. The predicted octanol–water partition coefficient (Wildman–Crippen LogP) is 4.41. The molecule has 0 fully saturated rings. The average Bonchev–Trinajstić information content (AvgIpc) is 2.78. The highest BCUT2D eigenvalue weighted by atomic mass is 79.9. The molecule has 0 aliphatic heterocycles. The van der Waals surface area contributed by atoms with Gasteiger partial charge in [0.15, 0.2) is 5.78 Å². The van der Waals surface area contributed by atoms with E-state index in [1.54, 1.807) is 17.4 Å². The molecule has 0 spiro atoms. The maximum atomic E-state index is 11.8. The Kier molecular flexibility index (Phi) is 3.70. The summed E-state index contributed by atoms with van der Waals surface area (Å²) in [6.45, 7) is 0. The van der Waals surface area contributed by atoms with Crippen molar-refractivity contribution >= 4 is 39.1 Å². The first kappa shape index (κ1) is 11.3. The predicted molar refractivity (Wildman–Crippen MR) is 71.8 cm³/mol. The van der Waals surface area contributed by atoms with Crippen molar-refractivity contribution in [2.75, 3.05) is 0 Å². The molecule has 1 nitrogen and oxygen atoms in total. The molecule has 2 rings (SSSR count). The number of ketones is 1. The molecule has 3 heteroatoms. The van der Waals surface area contributed by atoms with Crippen LogP contribution in [0.3, 0.4) is 0 Å². The molecule has 0 unspecified atom stereocenters. The van der Waals surface area contributed by atoms with Crippen molar-refractivity contribution in [1.29, 1.82) is 0 Å². The Bertz CT molecular complexity index is 514. The second-order valence-corrected chi connectivity index (χ2v) is 5.12. The van der Waals surface area contributed by atoms with E-state index in [4.69, 9.17) is 0 Å². The van der Waals surface area contributed by atoms with Crippen LogP contribution in [0.4, 0.5) is 0 Å². The molecular formula is C13H9BrOS. The Morgan fingerprint density at radius 3 is 2.81 bits per heavy atom. The molecule has 0 aliphatic carbocycles. The zero-order chi connectivity index (χ0) is 11.4. The van der Waals surface area contributed by atoms with Gasteiger partial charge in [-0.2, -0.15) is 0 Å². The Labute approximate surface area is 107 Å². The monoisotopic (exact) mass is 292 g/mol. The van der Waals surface area contributed by atoms with Crippen LogP contribution in [0.5, 0.6) is 0 Å². The first-order valence-corrected chi connectivity index (χ1v) is 6.44. The van der Waals surface area contributed by atoms with E-state index in [2.05, 4.69) is 15.9 Å². The highest BCUT2D eigenvalue weighted by Gasteiger charge is 2.01. The van der Waals surface area contributed by atoms with E-state index in [0.717, 1.165) is 9.35 Å². The minimum absolute atomic E-state index is 0.0229. The van der Waals surface area contributed by atoms with Gasteiger partial charge < -0.3 is 0 Å². The quantitative estimate of drug-likeness (QED) is 0.605. The van der Waals surface area contributed by atoms with E-state index in [1.165, 1.54) is 0 Å². The summed E-state index contributed by atoms with van der Waals surface area (Å²) >= 11 is 4.96. The second kappa shape index (κ2) is 5.23. The Balaban J connectivity index is 2.15. The second-order valence-electron chi connectivity index (χ2n) is 3.22. The van der Waals surface area contributed by atoms with Crippen molar-refractivity contribution in [2.24, 2.45) is 0 Å². The molecule has 0 N–H and O–H groups in total. The number of carbonyl (C=O) groups excluding carboxylic acids is 1. The molecule has 0 amide bonds.